The van der Waals surface area contributed by atoms with E-state index in [-0.39, 0.29) is 6.04 Å². The van der Waals surface area contributed by atoms with Gasteiger partial charge >= 0.3 is 0 Å². The lowest BCUT2D eigenvalue weighted by Crippen LogP contribution is -2.32. The minimum atomic E-state index is -2.78. The summed E-state index contributed by atoms with van der Waals surface area (Å²) >= 11 is 0. The summed E-state index contributed by atoms with van der Waals surface area (Å²) in [5.41, 5.74) is 1.07. The molecule has 1 aliphatic heterocycles. The Morgan fingerprint density at radius 2 is 1.63 bits per heavy atom. The summed E-state index contributed by atoms with van der Waals surface area (Å²) in [7, 11) is -2.78. The van der Waals surface area contributed by atoms with Crippen LogP contribution in [0, 0.1) is 0 Å². The molecular weight excluding hydrogens is 258 g/mol. The second-order valence-corrected chi connectivity index (χ2v) is 7.44. The van der Waals surface area contributed by atoms with Crippen molar-refractivity contribution in [3.63, 3.8) is 0 Å². The molecule has 4 heteroatoms. The summed E-state index contributed by atoms with van der Waals surface area (Å²) in [6, 6.07) is 14.8. The zero-order valence-corrected chi connectivity index (χ0v) is 11.5. The van der Waals surface area contributed by atoms with Crippen LogP contribution < -0.4 is 5.32 Å². The zero-order chi connectivity index (χ0) is 13.3. The zero-order valence-electron chi connectivity index (χ0n) is 10.7. The van der Waals surface area contributed by atoms with Crippen molar-refractivity contribution < 1.29 is 8.42 Å². The topological polar surface area (TPSA) is 46.2 Å². The average molecular weight is 275 g/mol. The van der Waals surface area contributed by atoms with Gasteiger partial charge in [0.2, 0.25) is 0 Å². The first-order chi connectivity index (χ1) is 9.12. The average Bonchev–Trinajstić information content (AvgIpc) is 2.41. The maximum Gasteiger partial charge on any atom is 0.150 e. The van der Waals surface area contributed by atoms with Crippen LogP contribution in [0.4, 0.5) is 5.69 Å². The molecule has 0 radical (unpaired) electrons. The number of benzene rings is 2. The number of anilines is 1. The van der Waals surface area contributed by atoms with Gasteiger partial charge < -0.3 is 5.32 Å². The predicted octanol–water partition coefficient (Wildman–Crippen LogP) is 2.83. The van der Waals surface area contributed by atoms with E-state index >= 15 is 0 Å². The molecule has 0 unspecified atom stereocenters. The molecule has 0 aliphatic carbocycles. The fourth-order valence-corrected chi connectivity index (χ4v) is 4.04. The highest BCUT2D eigenvalue weighted by molar-refractivity contribution is 7.91. The number of hydrogen-bond donors (Lipinski definition) is 1. The monoisotopic (exact) mass is 275 g/mol. The van der Waals surface area contributed by atoms with Gasteiger partial charge in [0.05, 0.1) is 11.5 Å². The highest BCUT2D eigenvalue weighted by Gasteiger charge is 2.23. The molecule has 0 saturated carbocycles. The minimum Gasteiger partial charge on any atom is -0.382 e. The first-order valence-corrected chi connectivity index (χ1v) is 8.40. The van der Waals surface area contributed by atoms with Gasteiger partial charge in [0, 0.05) is 11.7 Å². The third-order valence-corrected chi connectivity index (χ3v) is 5.39. The molecule has 3 rings (SSSR count). The third kappa shape index (κ3) is 2.89. The molecule has 0 amide bonds. The standard InChI is InChI=1S/C15H17NO2S/c17-19(18)9-7-14(8-10-19)16-15-6-5-12-3-1-2-4-13(12)11-15/h1-6,11,14,16H,7-10H2. The van der Waals surface area contributed by atoms with Crippen molar-refractivity contribution >= 4 is 26.3 Å². The Kier molecular flexibility index (Phi) is 3.19. The van der Waals surface area contributed by atoms with Gasteiger partial charge in [-0.1, -0.05) is 30.3 Å². The highest BCUT2D eigenvalue weighted by atomic mass is 32.2. The van der Waals surface area contributed by atoms with Gasteiger partial charge in [0.15, 0.2) is 0 Å². The van der Waals surface area contributed by atoms with E-state index in [1.165, 1.54) is 10.8 Å². The summed E-state index contributed by atoms with van der Waals surface area (Å²) in [5, 5.41) is 5.87. The Hall–Kier alpha value is -1.55. The van der Waals surface area contributed by atoms with E-state index < -0.39 is 9.84 Å². The van der Waals surface area contributed by atoms with Gasteiger partial charge in [-0.25, -0.2) is 8.42 Å². The van der Waals surface area contributed by atoms with Gasteiger partial charge in [-0.05, 0) is 35.7 Å². The lowest BCUT2D eigenvalue weighted by molar-refractivity contribution is 0.559. The Morgan fingerprint density at radius 1 is 0.947 bits per heavy atom. The number of hydrogen-bond acceptors (Lipinski definition) is 3. The highest BCUT2D eigenvalue weighted by Crippen LogP contribution is 2.22. The van der Waals surface area contributed by atoms with Crippen molar-refractivity contribution in [3.05, 3.63) is 42.5 Å². The Balaban J connectivity index is 1.75. The van der Waals surface area contributed by atoms with Gasteiger partial charge in [-0.2, -0.15) is 0 Å². The van der Waals surface area contributed by atoms with Crippen molar-refractivity contribution in [1.82, 2.24) is 0 Å². The predicted molar refractivity (Wildman–Crippen MR) is 79.2 cm³/mol. The summed E-state index contributed by atoms with van der Waals surface area (Å²) in [6.07, 6.45) is 1.41. The molecular formula is C15H17NO2S. The van der Waals surface area contributed by atoms with Crippen LogP contribution in [-0.2, 0) is 9.84 Å². The first-order valence-electron chi connectivity index (χ1n) is 6.58. The smallest absolute Gasteiger partial charge is 0.150 e. The molecule has 0 spiro atoms. The van der Waals surface area contributed by atoms with Gasteiger partial charge in [-0.15, -0.1) is 0 Å². The van der Waals surface area contributed by atoms with Crippen LogP contribution in [0.5, 0.6) is 0 Å². The van der Waals surface area contributed by atoms with Crippen LogP contribution in [0.25, 0.3) is 10.8 Å². The summed E-state index contributed by atoms with van der Waals surface area (Å²) in [6.45, 7) is 0. The molecule has 0 aromatic heterocycles. The van der Waals surface area contributed by atoms with Crippen molar-refractivity contribution in [2.24, 2.45) is 0 Å². The molecule has 1 aliphatic rings. The number of fused-ring (bicyclic) bond motifs is 1. The fourth-order valence-electron chi connectivity index (χ4n) is 2.55. The van der Waals surface area contributed by atoms with Crippen LogP contribution in [0.1, 0.15) is 12.8 Å². The maximum atomic E-state index is 11.4. The van der Waals surface area contributed by atoms with E-state index in [1.54, 1.807) is 0 Å². The molecule has 19 heavy (non-hydrogen) atoms. The molecule has 0 bridgehead atoms. The summed E-state index contributed by atoms with van der Waals surface area (Å²) in [5.74, 6) is 0.608. The van der Waals surface area contributed by atoms with Gasteiger partial charge in [-0.3, -0.25) is 0 Å². The minimum absolute atomic E-state index is 0.268. The van der Waals surface area contributed by atoms with Crippen LogP contribution >= 0.6 is 0 Å². The van der Waals surface area contributed by atoms with Crippen LogP contribution in [0.2, 0.25) is 0 Å². The molecule has 0 atom stereocenters. The first kappa shape index (κ1) is 12.5. The normalized spacial score (nSPS) is 19.4. The van der Waals surface area contributed by atoms with E-state index in [0.717, 1.165) is 5.69 Å². The third-order valence-electron chi connectivity index (χ3n) is 3.67. The van der Waals surface area contributed by atoms with Crippen molar-refractivity contribution in [1.29, 1.82) is 0 Å². The molecule has 1 saturated heterocycles. The molecule has 1 fully saturated rings. The second-order valence-electron chi connectivity index (χ2n) is 5.13. The van der Waals surface area contributed by atoms with E-state index in [4.69, 9.17) is 0 Å². The molecule has 1 N–H and O–H groups in total. The lowest BCUT2D eigenvalue weighted by atomic mass is 10.1. The largest absolute Gasteiger partial charge is 0.382 e. The van der Waals surface area contributed by atoms with Crippen molar-refractivity contribution in [3.8, 4) is 0 Å². The van der Waals surface area contributed by atoms with Crippen molar-refractivity contribution in [2.45, 2.75) is 18.9 Å². The summed E-state index contributed by atoms with van der Waals surface area (Å²) < 4.78 is 22.8. The Bertz CT molecular complexity index is 680. The molecule has 100 valence electrons. The second kappa shape index (κ2) is 4.85. The van der Waals surface area contributed by atoms with Gasteiger partial charge in [0.25, 0.3) is 0 Å². The van der Waals surface area contributed by atoms with Gasteiger partial charge in [0.1, 0.15) is 9.84 Å². The quantitative estimate of drug-likeness (QED) is 0.916. The molecule has 2 aromatic rings. The lowest BCUT2D eigenvalue weighted by Gasteiger charge is -2.24. The Labute approximate surface area is 113 Å². The maximum absolute atomic E-state index is 11.4. The van der Waals surface area contributed by atoms with E-state index in [2.05, 4.69) is 35.6 Å². The van der Waals surface area contributed by atoms with E-state index in [9.17, 15) is 8.42 Å². The van der Waals surface area contributed by atoms with Crippen LogP contribution in [-0.4, -0.2) is 26.0 Å². The van der Waals surface area contributed by atoms with E-state index in [1.807, 2.05) is 12.1 Å². The Morgan fingerprint density at radius 3 is 2.37 bits per heavy atom. The molecule has 2 aromatic carbocycles. The van der Waals surface area contributed by atoms with E-state index in [0.29, 0.717) is 24.3 Å². The summed E-state index contributed by atoms with van der Waals surface area (Å²) in [4.78, 5) is 0. The van der Waals surface area contributed by atoms with Crippen LogP contribution in [0.15, 0.2) is 42.5 Å². The SMILES string of the molecule is O=S1(=O)CCC(Nc2ccc3ccccc3c2)CC1. The number of nitrogens with one attached hydrogen (secondary N) is 1. The number of sulfone groups is 1. The number of rotatable bonds is 2. The van der Waals surface area contributed by atoms with Crippen LogP contribution in [0.3, 0.4) is 0 Å². The molecule has 1 heterocycles. The van der Waals surface area contributed by atoms with Crippen molar-refractivity contribution in [2.75, 3.05) is 16.8 Å². The molecule has 3 nitrogen and oxygen atoms in total. The fraction of sp³-hybridized carbons (Fsp3) is 0.333.